The number of hydrogen-bond donors (Lipinski definition) is 0. The molecule has 6 nitrogen and oxygen atoms in total. The molecule has 0 spiro atoms. The molecule has 2 aromatic carbocycles. The number of non-ortho nitro benzene ring substituents is 1. The van der Waals surface area contributed by atoms with Crippen molar-refractivity contribution in [1.29, 1.82) is 0 Å². The smallest absolute Gasteiger partial charge is 0.340 e. The fourth-order valence-electron chi connectivity index (χ4n) is 3.25. The van der Waals surface area contributed by atoms with Gasteiger partial charge in [0.25, 0.3) is 5.69 Å². The summed E-state index contributed by atoms with van der Waals surface area (Å²) in [5.74, 6) is 0.131. The lowest BCUT2D eigenvalue weighted by Gasteiger charge is -2.12. The highest BCUT2D eigenvalue weighted by molar-refractivity contribution is 6.17. The summed E-state index contributed by atoms with van der Waals surface area (Å²) >= 11 is 5.82. The molecule has 0 amide bonds. The van der Waals surface area contributed by atoms with Gasteiger partial charge in [-0.2, -0.15) is 0 Å². The van der Waals surface area contributed by atoms with E-state index in [4.69, 9.17) is 16.3 Å². The summed E-state index contributed by atoms with van der Waals surface area (Å²) in [5.41, 5.74) is 2.81. The Hall–Kier alpha value is -2.86. The van der Waals surface area contributed by atoms with Gasteiger partial charge in [0.05, 0.1) is 23.3 Å². The lowest BCUT2D eigenvalue weighted by atomic mass is 10.0. The largest absolute Gasteiger partial charge is 0.465 e. The van der Waals surface area contributed by atoms with Crippen molar-refractivity contribution >= 4 is 34.2 Å². The molecule has 0 fully saturated rings. The molecule has 0 atom stereocenters. The van der Waals surface area contributed by atoms with E-state index >= 15 is 0 Å². The van der Waals surface area contributed by atoms with Gasteiger partial charge in [-0.1, -0.05) is 18.2 Å². The number of methoxy groups -OCH3 is 1. The third-order valence-electron chi connectivity index (χ3n) is 4.48. The first-order valence-corrected chi connectivity index (χ1v) is 9.12. The van der Waals surface area contributed by atoms with Gasteiger partial charge in [-0.3, -0.25) is 10.1 Å². The predicted octanol–water partition coefficient (Wildman–Crippen LogP) is 5.02. The van der Waals surface area contributed by atoms with Crippen LogP contribution in [0, 0.1) is 10.1 Å². The van der Waals surface area contributed by atoms with Gasteiger partial charge in [-0.15, -0.1) is 11.6 Å². The van der Waals surface area contributed by atoms with Crippen LogP contribution in [-0.4, -0.2) is 28.4 Å². The van der Waals surface area contributed by atoms with Crippen LogP contribution in [0.5, 0.6) is 0 Å². The molecule has 0 saturated carbocycles. The highest BCUT2D eigenvalue weighted by atomic mass is 35.5. The molecule has 140 valence electrons. The highest BCUT2D eigenvalue weighted by Crippen LogP contribution is 2.35. The molecule has 0 aliphatic carbocycles. The number of halogens is 1. The van der Waals surface area contributed by atoms with E-state index in [0.29, 0.717) is 23.7 Å². The minimum atomic E-state index is -0.443. The monoisotopic (exact) mass is 386 g/mol. The van der Waals surface area contributed by atoms with E-state index in [2.05, 4.69) is 4.57 Å². The molecule has 0 aliphatic rings. The molecule has 1 aromatic heterocycles. The number of fused-ring (bicyclic) bond motifs is 1. The maximum Gasteiger partial charge on any atom is 0.340 e. The number of alkyl halides is 1. The number of aryl methyl sites for hydroxylation is 1. The molecule has 3 rings (SSSR count). The molecular formula is C20H19ClN2O4. The maximum absolute atomic E-state index is 12.6. The molecule has 3 aromatic rings. The van der Waals surface area contributed by atoms with Gasteiger partial charge in [0, 0.05) is 35.5 Å². The number of hydrogen-bond acceptors (Lipinski definition) is 4. The van der Waals surface area contributed by atoms with Crippen molar-refractivity contribution in [3.05, 3.63) is 64.2 Å². The number of nitro benzene ring substituents is 1. The number of carbonyl (C=O) groups is 1. The van der Waals surface area contributed by atoms with E-state index in [1.165, 1.54) is 19.2 Å². The average molecular weight is 387 g/mol. The second-order valence-corrected chi connectivity index (χ2v) is 6.46. The summed E-state index contributed by atoms with van der Waals surface area (Å²) < 4.78 is 7.09. The Labute approximate surface area is 161 Å². The van der Waals surface area contributed by atoms with Crippen LogP contribution in [0.25, 0.3) is 22.2 Å². The van der Waals surface area contributed by atoms with E-state index in [9.17, 15) is 14.9 Å². The summed E-state index contributed by atoms with van der Waals surface area (Å²) in [6.45, 7) is 0.677. The Morgan fingerprint density at radius 2 is 1.85 bits per heavy atom. The van der Waals surface area contributed by atoms with E-state index in [0.717, 1.165) is 29.3 Å². The van der Waals surface area contributed by atoms with Crippen molar-refractivity contribution in [1.82, 2.24) is 4.57 Å². The van der Waals surface area contributed by atoms with Crippen LogP contribution in [0.2, 0.25) is 0 Å². The molecule has 0 unspecified atom stereocenters. The van der Waals surface area contributed by atoms with Crippen molar-refractivity contribution in [3.63, 3.8) is 0 Å². The van der Waals surface area contributed by atoms with E-state index in [1.54, 1.807) is 12.1 Å². The van der Waals surface area contributed by atoms with Gasteiger partial charge >= 0.3 is 5.97 Å². The lowest BCUT2D eigenvalue weighted by Crippen LogP contribution is -2.06. The molecule has 0 saturated heterocycles. The predicted molar refractivity (Wildman–Crippen MR) is 105 cm³/mol. The third-order valence-corrected chi connectivity index (χ3v) is 4.74. The Bertz CT molecular complexity index is 980. The molecular weight excluding hydrogens is 368 g/mol. The average Bonchev–Trinajstić information content (AvgIpc) is 3.02. The Kier molecular flexibility index (Phi) is 5.76. The SMILES string of the molecule is COC(=O)c1c(-c2ccc([N+](=O)[O-])cc2)n(CCCCCl)c2ccccc12. The standard InChI is InChI=1S/C20H19ClN2O4/c1-27-20(24)18-16-6-2-3-7-17(16)22(13-5-4-12-21)19(18)14-8-10-15(11-9-14)23(25)26/h2-3,6-11H,4-5,12-13H2,1H3. The molecule has 0 aliphatic heterocycles. The van der Waals surface area contributed by atoms with Crippen molar-refractivity contribution in [2.24, 2.45) is 0 Å². The van der Waals surface area contributed by atoms with E-state index in [-0.39, 0.29) is 5.69 Å². The number of aromatic nitrogens is 1. The van der Waals surface area contributed by atoms with Gasteiger partial charge in [-0.25, -0.2) is 4.79 Å². The van der Waals surface area contributed by atoms with Crippen molar-refractivity contribution in [3.8, 4) is 11.3 Å². The molecule has 7 heteroatoms. The number of nitrogens with zero attached hydrogens (tertiary/aromatic N) is 2. The quantitative estimate of drug-likeness (QED) is 0.188. The normalized spacial score (nSPS) is 10.9. The topological polar surface area (TPSA) is 74.4 Å². The van der Waals surface area contributed by atoms with Gasteiger partial charge < -0.3 is 9.30 Å². The zero-order valence-corrected chi connectivity index (χ0v) is 15.6. The Morgan fingerprint density at radius 1 is 1.15 bits per heavy atom. The van der Waals surface area contributed by atoms with Crippen molar-refractivity contribution in [2.75, 3.05) is 13.0 Å². The first kappa shape index (κ1) is 18.9. The van der Waals surface area contributed by atoms with Crippen LogP contribution in [0.1, 0.15) is 23.2 Å². The summed E-state index contributed by atoms with van der Waals surface area (Å²) in [4.78, 5) is 23.1. The van der Waals surface area contributed by atoms with Crippen LogP contribution in [-0.2, 0) is 11.3 Å². The highest BCUT2D eigenvalue weighted by Gasteiger charge is 2.24. The zero-order chi connectivity index (χ0) is 19.4. The minimum Gasteiger partial charge on any atom is -0.465 e. The Balaban J connectivity index is 2.24. The first-order valence-electron chi connectivity index (χ1n) is 8.58. The van der Waals surface area contributed by atoms with Gasteiger partial charge in [-0.05, 0) is 36.6 Å². The number of esters is 1. The first-order chi connectivity index (χ1) is 13.1. The fourth-order valence-corrected chi connectivity index (χ4v) is 3.44. The van der Waals surface area contributed by atoms with Gasteiger partial charge in [0.15, 0.2) is 0 Å². The molecule has 1 heterocycles. The second kappa shape index (κ2) is 8.22. The van der Waals surface area contributed by atoms with Crippen LogP contribution < -0.4 is 0 Å². The number of carbonyl (C=O) groups excluding carboxylic acids is 1. The third kappa shape index (κ3) is 3.66. The van der Waals surface area contributed by atoms with Crippen LogP contribution in [0.3, 0.4) is 0 Å². The second-order valence-electron chi connectivity index (χ2n) is 6.08. The number of rotatable bonds is 7. The number of ether oxygens (including phenoxy) is 1. The number of unbranched alkanes of at least 4 members (excludes halogenated alkanes) is 1. The number of nitro groups is 1. The van der Waals surface area contributed by atoms with Crippen LogP contribution in [0.4, 0.5) is 5.69 Å². The van der Waals surface area contributed by atoms with Crippen LogP contribution in [0.15, 0.2) is 48.5 Å². The maximum atomic E-state index is 12.6. The molecule has 0 N–H and O–H groups in total. The molecule has 0 radical (unpaired) electrons. The number of benzene rings is 2. The fraction of sp³-hybridized carbons (Fsp3) is 0.250. The zero-order valence-electron chi connectivity index (χ0n) is 14.9. The summed E-state index contributed by atoms with van der Waals surface area (Å²) in [6, 6.07) is 13.8. The lowest BCUT2D eigenvalue weighted by molar-refractivity contribution is -0.384. The summed E-state index contributed by atoms with van der Waals surface area (Å²) in [7, 11) is 1.35. The van der Waals surface area contributed by atoms with Crippen LogP contribution >= 0.6 is 11.6 Å². The Morgan fingerprint density at radius 3 is 2.48 bits per heavy atom. The van der Waals surface area contributed by atoms with E-state index < -0.39 is 10.9 Å². The van der Waals surface area contributed by atoms with Gasteiger partial charge in [0.1, 0.15) is 0 Å². The van der Waals surface area contributed by atoms with Gasteiger partial charge in [0.2, 0.25) is 0 Å². The van der Waals surface area contributed by atoms with Crippen molar-refractivity contribution in [2.45, 2.75) is 19.4 Å². The summed E-state index contributed by atoms with van der Waals surface area (Å²) in [5, 5.41) is 11.8. The molecule has 27 heavy (non-hydrogen) atoms. The van der Waals surface area contributed by atoms with Crippen molar-refractivity contribution < 1.29 is 14.5 Å². The van der Waals surface area contributed by atoms with E-state index in [1.807, 2.05) is 24.3 Å². The number of para-hydroxylation sites is 1. The molecule has 0 bridgehead atoms. The summed E-state index contributed by atoms with van der Waals surface area (Å²) in [6.07, 6.45) is 1.70. The minimum absolute atomic E-state index is 0.00293.